The van der Waals surface area contributed by atoms with E-state index in [1.54, 1.807) is 31.4 Å². The molecule has 1 atom stereocenters. The van der Waals surface area contributed by atoms with Gasteiger partial charge in [0.1, 0.15) is 17.4 Å². The molecule has 204 valence electrons. The van der Waals surface area contributed by atoms with Gasteiger partial charge in [-0.25, -0.2) is 13.6 Å². The number of methoxy groups -OCH3 is 1. The maximum absolute atomic E-state index is 13.3. The summed E-state index contributed by atoms with van der Waals surface area (Å²) in [6.45, 7) is 0.619. The number of halogens is 2. The van der Waals surface area contributed by atoms with Gasteiger partial charge >= 0.3 is 6.03 Å². The van der Waals surface area contributed by atoms with Crippen molar-refractivity contribution in [3.8, 4) is 5.75 Å². The lowest BCUT2D eigenvalue weighted by atomic mass is 10.2. The van der Waals surface area contributed by atoms with Crippen molar-refractivity contribution in [1.29, 1.82) is 0 Å². The Morgan fingerprint density at radius 2 is 1.51 bits per heavy atom. The first-order valence-corrected chi connectivity index (χ1v) is 12.1. The second kappa shape index (κ2) is 12.7. The summed E-state index contributed by atoms with van der Waals surface area (Å²) >= 11 is 0. The zero-order valence-electron chi connectivity index (χ0n) is 21.2. The number of ether oxygens (including phenoxy) is 1. The Balaban J connectivity index is 1.48. The number of rotatable bonds is 9. The van der Waals surface area contributed by atoms with E-state index in [0.29, 0.717) is 17.0 Å². The van der Waals surface area contributed by atoms with Crippen LogP contribution in [0.1, 0.15) is 11.1 Å². The average Bonchev–Trinajstić information content (AvgIpc) is 2.93. The molecule has 1 aliphatic heterocycles. The van der Waals surface area contributed by atoms with Crippen LogP contribution in [0.25, 0.3) is 0 Å². The number of carbonyl (C=O) groups is 1. The van der Waals surface area contributed by atoms with Gasteiger partial charge < -0.3 is 20.9 Å². The number of aliphatic imine (C=N–C) groups is 2. The number of anilines is 1. The molecule has 3 aromatic carbocycles. The van der Waals surface area contributed by atoms with E-state index in [9.17, 15) is 18.7 Å². The van der Waals surface area contributed by atoms with Gasteiger partial charge in [0.05, 0.1) is 33.3 Å². The Morgan fingerprint density at radius 1 is 0.949 bits per heavy atom. The van der Waals surface area contributed by atoms with Crippen LogP contribution in [-0.4, -0.2) is 59.4 Å². The Bertz CT molecular complexity index is 1320. The number of nitrogens with zero attached hydrogens (tertiary/aromatic N) is 4. The van der Waals surface area contributed by atoms with Crippen LogP contribution < -0.4 is 21.1 Å². The van der Waals surface area contributed by atoms with E-state index < -0.39 is 18.2 Å². The number of guanidine groups is 2. The van der Waals surface area contributed by atoms with Gasteiger partial charge in [-0.3, -0.25) is 25.1 Å². The Hall–Kier alpha value is -4.71. The number of benzene rings is 3. The predicted octanol–water partition coefficient (Wildman–Crippen LogP) is 3.06. The minimum absolute atomic E-state index is 0.0511. The van der Waals surface area contributed by atoms with Gasteiger partial charge in [0.15, 0.2) is 5.96 Å². The van der Waals surface area contributed by atoms with E-state index in [-0.39, 0.29) is 43.9 Å². The normalized spacial score (nSPS) is 16.8. The largest absolute Gasteiger partial charge is 0.497 e. The van der Waals surface area contributed by atoms with Crippen LogP contribution in [0.3, 0.4) is 0 Å². The van der Waals surface area contributed by atoms with E-state index in [1.165, 1.54) is 46.2 Å². The maximum atomic E-state index is 13.3. The fourth-order valence-corrected chi connectivity index (χ4v) is 3.82. The standard InChI is InChI=1S/C27H29F2N7O3/c1-39-23-12-4-19(5-13-23)16-35-25(32-15-14-31-24(30)33-22-10-8-21(29)9-11-22)34-26(37)36(27(35)38)17-18-2-6-20(28)7-3-18/h2-13,27,38H,14-17H2,1H3,(H3,30,31,33)(H,32,34,37). The number of nitrogens with one attached hydrogen (secondary N) is 2. The van der Waals surface area contributed by atoms with E-state index in [1.807, 2.05) is 12.1 Å². The van der Waals surface area contributed by atoms with Crippen LogP contribution in [0.2, 0.25) is 0 Å². The van der Waals surface area contributed by atoms with Crippen molar-refractivity contribution in [3.63, 3.8) is 0 Å². The van der Waals surface area contributed by atoms with Gasteiger partial charge in [-0.15, -0.1) is 0 Å². The molecule has 1 unspecified atom stereocenters. The lowest BCUT2D eigenvalue weighted by molar-refractivity contribution is -0.0732. The van der Waals surface area contributed by atoms with Gasteiger partial charge in [0.2, 0.25) is 12.3 Å². The van der Waals surface area contributed by atoms with E-state index in [4.69, 9.17) is 10.5 Å². The Kier molecular flexibility index (Phi) is 8.90. The molecule has 1 saturated heterocycles. The SMILES string of the molecule is COc1ccc(CN2C(=NCCN=C(N)Nc3ccc(F)cc3)NC(=O)N(Cc3ccc(F)cc3)C2O)cc1. The summed E-state index contributed by atoms with van der Waals surface area (Å²) in [6.07, 6.45) is -1.35. The van der Waals surface area contributed by atoms with Crippen molar-refractivity contribution in [3.05, 3.63) is 95.6 Å². The molecule has 0 spiro atoms. The zero-order chi connectivity index (χ0) is 27.8. The number of carbonyl (C=O) groups excluding carboxylic acids is 1. The highest BCUT2D eigenvalue weighted by molar-refractivity contribution is 5.98. The first-order valence-electron chi connectivity index (χ1n) is 12.1. The average molecular weight is 538 g/mol. The monoisotopic (exact) mass is 537 g/mol. The molecule has 0 bridgehead atoms. The highest BCUT2D eigenvalue weighted by Gasteiger charge is 2.36. The minimum atomic E-state index is -1.35. The molecule has 0 saturated carbocycles. The second-order valence-electron chi connectivity index (χ2n) is 8.61. The third-order valence-corrected chi connectivity index (χ3v) is 5.85. The fraction of sp³-hybridized carbons (Fsp3) is 0.222. The summed E-state index contributed by atoms with van der Waals surface area (Å²) in [5.74, 6) is 0.213. The van der Waals surface area contributed by atoms with Crippen molar-refractivity contribution >= 4 is 23.6 Å². The van der Waals surface area contributed by atoms with Gasteiger partial charge in [0.25, 0.3) is 0 Å². The zero-order valence-corrected chi connectivity index (χ0v) is 21.2. The molecular weight excluding hydrogens is 508 g/mol. The van der Waals surface area contributed by atoms with Crippen molar-refractivity contribution in [2.45, 2.75) is 19.4 Å². The van der Waals surface area contributed by atoms with Crippen molar-refractivity contribution < 1.29 is 23.4 Å². The number of aliphatic hydroxyl groups is 1. The molecule has 4 rings (SSSR count). The van der Waals surface area contributed by atoms with Crippen LogP contribution in [0.5, 0.6) is 5.75 Å². The van der Waals surface area contributed by atoms with E-state index in [0.717, 1.165) is 5.56 Å². The first kappa shape index (κ1) is 27.3. The van der Waals surface area contributed by atoms with Gasteiger partial charge in [-0.1, -0.05) is 24.3 Å². The number of amides is 2. The Labute approximate surface area is 224 Å². The topological polar surface area (TPSA) is 128 Å². The van der Waals surface area contributed by atoms with Crippen LogP contribution in [0, 0.1) is 11.6 Å². The molecule has 39 heavy (non-hydrogen) atoms. The molecule has 0 radical (unpaired) electrons. The molecule has 1 fully saturated rings. The van der Waals surface area contributed by atoms with Crippen LogP contribution in [0.15, 0.2) is 82.8 Å². The molecule has 1 heterocycles. The number of urea groups is 1. The van der Waals surface area contributed by atoms with Crippen LogP contribution >= 0.6 is 0 Å². The predicted molar refractivity (Wildman–Crippen MR) is 144 cm³/mol. The number of nitrogens with two attached hydrogens (primary N) is 1. The smallest absolute Gasteiger partial charge is 0.327 e. The minimum Gasteiger partial charge on any atom is -0.497 e. The van der Waals surface area contributed by atoms with Crippen LogP contribution in [0.4, 0.5) is 19.3 Å². The molecule has 3 aromatic rings. The lowest BCUT2D eigenvalue weighted by Crippen LogP contribution is -2.65. The highest BCUT2D eigenvalue weighted by atomic mass is 19.1. The molecular formula is C27H29F2N7O3. The molecule has 0 aliphatic carbocycles. The molecule has 2 amide bonds. The van der Waals surface area contributed by atoms with Gasteiger partial charge in [-0.2, -0.15) is 0 Å². The number of hydrogen-bond donors (Lipinski definition) is 4. The summed E-state index contributed by atoms with van der Waals surface area (Å²) < 4.78 is 31.6. The summed E-state index contributed by atoms with van der Waals surface area (Å²) in [4.78, 5) is 24.3. The van der Waals surface area contributed by atoms with Crippen molar-refractivity contribution in [1.82, 2.24) is 15.1 Å². The molecule has 0 aromatic heterocycles. The second-order valence-corrected chi connectivity index (χ2v) is 8.61. The van der Waals surface area contributed by atoms with Crippen molar-refractivity contribution in [2.75, 3.05) is 25.5 Å². The van der Waals surface area contributed by atoms with Gasteiger partial charge in [0, 0.05) is 5.69 Å². The molecule has 10 nitrogen and oxygen atoms in total. The number of aliphatic hydroxyl groups excluding tert-OH is 1. The molecule has 5 N–H and O–H groups in total. The summed E-state index contributed by atoms with van der Waals surface area (Å²) in [7, 11) is 1.57. The maximum Gasteiger partial charge on any atom is 0.327 e. The summed E-state index contributed by atoms with van der Waals surface area (Å²) in [5, 5.41) is 16.8. The van der Waals surface area contributed by atoms with E-state index >= 15 is 0 Å². The highest BCUT2D eigenvalue weighted by Crippen LogP contribution is 2.20. The quantitative estimate of drug-likeness (QED) is 0.189. The fourth-order valence-electron chi connectivity index (χ4n) is 3.82. The van der Waals surface area contributed by atoms with Crippen LogP contribution in [-0.2, 0) is 13.1 Å². The summed E-state index contributed by atoms with van der Waals surface area (Å²) in [6, 6.07) is 18.1. The van der Waals surface area contributed by atoms with Crippen molar-refractivity contribution in [2.24, 2.45) is 15.7 Å². The molecule has 12 heteroatoms. The molecule has 1 aliphatic rings. The third kappa shape index (κ3) is 7.42. The number of hydrogen-bond acceptors (Lipinski definition) is 5. The van der Waals surface area contributed by atoms with Gasteiger partial charge in [-0.05, 0) is 59.7 Å². The Morgan fingerprint density at radius 3 is 2.13 bits per heavy atom. The van der Waals surface area contributed by atoms with E-state index in [2.05, 4.69) is 20.6 Å². The lowest BCUT2D eigenvalue weighted by Gasteiger charge is -2.42. The third-order valence-electron chi connectivity index (χ3n) is 5.85. The first-order chi connectivity index (χ1) is 18.8. The summed E-state index contributed by atoms with van der Waals surface area (Å²) in [5.41, 5.74) is 7.97.